The maximum atomic E-state index is 13.8. The van der Waals surface area contributed by atoms with Crippen molar-refractivity contribution < 1.29 is 19.1 Å². The van der Waals surface area contributed by atoms with E-state index in [0.29, 0.717) is 29.6 Å². The van der Waals surface area contributed by atoms with Gasteiger partial charge in [0, 0.05) is 31.0 Å². The zero-order valence-corrected chi connectivity index (χ0v) is 22.6. The third-order valence-corrected chi connectivity index (χ3v) is 7.89. The topological polar surface area (TPSA) is 118 Å². The molecule has 38 heavy (non-hydrogen) atoms. The van der Waals surface area contributed by atoms with E-state index in [9.17, 15) is 14.4 Å². The molecule has 2 heterocycles. The van der Waals surface area contributed by atoms with Crippen LogP contribution >= 0.6 is 0 Å². The van der Waals surface area contributed by atoms with Gasteiger partial charge in [-0.15, -0.1) is 0 Å². The van der Waals surface area contributed by atoms with Gasteiger partial charge in [-0.05, 0) is 61.4 Å². The number of anilines is 2. The number of carbonyl (C=O) groups excluding carboxylic acids is 3. The number of β-lactam (4-membered cyclic amide) rings is 1. The Balaban J connectivity index is 1.58. The zero-order chi connectivity index (χ0) is 27.2. The zero-order valence-electron chi connectivity index (χ0n) is 22.6. The number of likely N-dealkylation sites (tertiary alicyclic amines) is 1. The van der Waals surface area contributed by atoms with Gasteiger partial charge in [0.25, 0.3) is 5.91 Å². The maximum Gasteiger partial charge on any atom is 0.325 e. The first-order valence-electron chi connectivity index (χ1n) is 13.6. The van der Waals surface area contributed by atoms with Crippen LogP contribution in [0.2, 0.25) is 0 Å². The van der Waals surface area contributed by atoms with E-state index in [1.807, 2.05) is 0 Å². The number of nitrogens with zero attached hydrogens (tertiary/aromatic N) is 3. The predicted octanol–water partition coefficient (Wildman–Crippen LogP) is 4.16. The molecule has 0 unspecified atom stereocenters. The van der Waals surface area contributed by atoms with Gasteiger partial charge in [-0.3, -0.25) is 14.5 Å². The first-order valence-corrected chi connectivity index (χ1v) is 13.6. The summed E-state index contributed by atoms with van der Waals surface area (Å²) < 4.78 is 5.31. The minimum absolute atomic E-state index is 0.00786. The van der Waals surface area contributed by atoms with Crippen molar-refractivity contribution in [2.45, 2.75) is 70.4 Å². The van der Waals surface area contributed by atoms with Gasteiger partial charge in [0.2, 0.25) is 5.91 Å². The van der Waals surface area contributed by atoms with E-state index < -0.39 is 18.0 Å². The Hall–Kier alpha value is -3.62. The maximum absolute atomic E-state index is 13.8. The van der Waals surface area contributed by atoms with Crippen LogP contribution in [0.3, 0.4) is 0 Å². The molecule has 1 saturated carbocycles. The average Bonchev–Trinajstić information content (AvgIpc) is 2.93. The summed E-state index contributed by atoms with van der Waals surface area (Å²) in [5.41, 5.74) is 7.26. The van der Waals surface area contributed by atoms with Crippen molar-refractivity contribution in [2.75, 3.05) is 24.8 Å². The van der Waals surface area contributed by atoms with Gasteiger partial charge in [-0.25, -0.2) is 9.78 Å². The number of rotatable bonds is 9. The summed E-state index contributed by atoms with van der Waals surface area (Å²) in [6, 6.07) is 9.19. The number of hydrogen-bond donors (Lipinski definition) is 2. The van der Waals surface area contributed by atoms with Gasteiger partial charge in [0.1, 0.15) is 17.6 Å². The molecule has 1 aromatic heterocycles. The van der Waals surface area contributed by atoms with Crippen LogP contribution in [0.1, 0.15) is 57.4 Å². The lowest BCUT2D eigenvalue weighted by molar-refractivity contribution is -0.156. The monoisotopic (exact) mass is 521 g/mol. The summed E-state index contributed by atoms with van der Waals surface area (Å²) in [5.74, 6) is -0.00943. The quantitative estimate of drug-likeness (QED) is 0.479. The highest BCUT2D eigenvalue weighted by molar-refractivity contribution is 6.12. The number of aromatic nitrogens is 1. The molecular formula is C29H39N5O4. The van der Waals surface area contributed by atoms with Gasteiger partial charge in [-0.1, -0.05) is 38.7 Å². The van der Waals surface area contributed by atoms with E-state index in [0.717, 1.165) is 49.0 Å². The second-order valence-corrected chi connectivity index (χ2v) is 10.4. The average molecular weight is 522 g/mol. The lowest BCUT2D eigenvalue weighted by Crippen LogP contribution is -2.71. The third kappa shape index (κ3) is 5.92. The highest BCUT2D eigenvalue weighted by atomic mass is 16.5. The first-order chi connectivity index (χ1) is 18.3. The van der Waals surface area contributed by atoms with Crippen LogP contribution in [0.4, 0.5) is 16.3 Å². The molecule has 9 heteroatoms. The van der Waals surface area contributed by atoms with E-state index in [-0.39, 0.29) is 17.9 Å². The van der Waals surface area contributed by atoms with Crippen LogP contribution < -0.4 is 20.7 Å². The Kier molecular flexibility index (Phi) is 8.86. The van der Waals surface area contributed by atoms with Crippen LogP contribution in [0.5, 0.6) is 5.75 Å². The molecule has 1 aromatic carbocycles. The molecule has 4 rings (SSSR count). The van der Waals surface area contributed by atoms with Crippen LogP contribution in [0.15, 0.2) is 42.6 Å². The Labute approximate surface area is 224 Å². The first kappa shape index (κ1) is 27.4. The number of carbonyl (C=O) groups is 3. The van der Waals surface area contributed by atoms with E-state index in [2.05, 4.69) is 17.2 Å². The minimum atomic E-state index is -0.929. The SMILES string of the molecule is CCC[C@@H](NC(=O)N1C(=O)[C@H](Cc2ccnc(N)c2)[C@H]1C(=O)N(C)c1cccc(OC)c1)C1CCCCC1. The largest absolute Gasteiger partial charge is 0.497 e. The Morgan fingerprint density at radius 2 is 1.97 bits per heavy atom. The number of imide groups is 1. The number of nitrogens with one attached hydrogen (secondary N) is 1. The van der Waals surface area contributed by atoms with E-state index in [4.69, 9.17) is 10.5 Å². The molecule has 0 bridgehead atoms. The molecule has 2 aromatic rings. The number of pyridine rings is 1. The summed E-state index contributed by atoms with van der Waals surface area (Å²) in [5, 5.41) is 3.14. The van der Waals surface area contributed by atoms with Crippen molar-refractivity contribution in [3.63, 3.8) is 0 Å². The van der Waals surface area contributed by atoms with Gasteiger partial charge in [0.05, 0.1) is 13.0 Å². The molecule has 0 radical (unpaired) electrons. The van der Waals surface area contributed by atoms with Crippen molar-refractivity contribution in [1.29, 1.82) is 0 Å². The molecule has 0 spiro atoms. The Morgan fingerprint density at radius 1 is 1.21 bits per heavy atom. The normalized spacial score (nSPS) is 20.4. The summed E-state index contributed by atoms with van der Waals surface area (Å²) in [4.78, 5) is 47.4. The summed E-state index contributed by atoms with van der Waals surface area (Å²) in [6.07, 6.45) is 9.35. The molecule has 3 atom stereocenters. The van der Waals surface area contributed by atoms with Crippen molar-refractivity contribution in [3.8, 4) is 5.75 Å². The van der Waals surface area contributed by atoms with Crippen molar-refractivity contribution in [2.24, 2.45) is 11.8 Å². The minimum Gasteiger partial charge on any atom is -0.497 e. The summed E-state index contributed by atoms with van der Waals surface area (Å²) in [7, 11) is 3.21. The molecule has 4 amide bonds. The number of benzene rings is 1. The molecular weight excluding hydrogens is 482 g/mol. The number of ether oxygens (including phenoxy) is 1. The molecule has 204 valence electrons. The number of urea groups is 1. The fourth-order valence-electron chi connectivity index (χ4n) is 5.78. The summed E-state index contributed by atoms with van der Waals surface area (Å²) in [6.45, 7) is 2.10. The van der Waals surface area contributed by atoms with Gasteiger partial charge >= 0.3 is 6.03 Å². The van der Waals surface area contributed by atoms with E-state index >= 15 is 0 Å². The smallest absolute Gasteiger partial charge is 0.325 e. The molecule has 3 N–H and O–H groups in total. The molecule has 1 aliphatic carbocycles. The van der Waals surface area contributed by atoms with Crippen molar-refractivity contribution in [1.82, 2.24) is 15.2 Å². The molecule has 1 saturated heterocycles. The number of methoxy groups -OCH3 is 1. The predicted molar refractivity (Wildman–Crippen MR) is 147 cm³/mol. The van der Waals surface area contributed by atoms with Gasteiger partial charge in [0.15, 0.2) is 0 Å². The lowest BCUT2D eigenvalue weighted by Gasteiger charge is -2.46. The second kappa shape index (κ2) is 12.3. The number of nitrogen functional groups attached to an aromatic ring is 1. The number of hydrogen-bond acceptors (Lipinski definition) is 6. The van der Waals surface area contributed by atoms with E-state index in [1.165, 1.54) is 11.3 Å². The fraction of sp³-hybridized carbons (Fsp3) is 0.517. The van der Waals surface area contributed by atoms with Crippen LogP contribution in [0.25, 0.3) is 0 Å². The van der Waals surface area contributed by atoms with Crippen LogP contribution in [-0.2, 0) is 16.0 Å². The lowest BCUT2D eigenvalue weighted by atomic mass is 9.81. The fourth-order valence-corrected chi connectivity index (χ4v) is 5.78. The molecule has 2 aliphatic rings. The molecule has 1 aliphatic heterocycles. The standard InChI is InChI=1S/C29H39N5O4/c1-4-9-24(20-10-6-5-7-11-20)32-29(37)34-26(23(27(34)35)16-19-14-15-31-25(30)17-19)28(36)33(2)21-12-8-13-22(18-21)38-3/h8,12-15,17-18,20,23-24,26H,4-7,9-11,16H2,1-3H3,(H2,30,31)(H,32,37)/t23-,24-,26+/m1/s1. The summed E-state index contributed by atoms with van der Waals surface area (Å²) >= 11 is 0. The highest BCUT2D eigenvalue weighted by Crippen LogP contribution is 2.34. The van der Waals surface area contributed by atoms with Crippen molar-refractivity contribution >= 4 is 29.4 Å². The number of nitrogens with two attached hydrogens (primary N) is 1. The van der Waals surface area contributed by atoms with Gasteiger partial charge in [-0.2, -0.15) is 0 Å². The third-order valence-electron chi connectivity index (χ3n) is 7.89. The Bertz CT molecular complexity index is 1150. The molecule has 9 nitrogen and oxygen atoms in total. The Morgan fingerprint density at radius 3 is 2.66 bits per heavy atom. The van der Waals surface area contributed by atoms with E-state index in [1.54, 1.807) is 56.8 Å². The van der Waals surface area contributed by atoms with Crippen molar-refractivity contribution in [3.05, 3.63) is 48.2 Å². The van der Waals surface area contributed by atoms with Gasteiger partial charge < -0.3 is 20.7 Å². The van der Waals surface area contributed by atoms with Crippen LogP contribution in [0, 0.1) is 11.8 Å². The van der Waals surface area contributed by atoms with Crippen LogP contribution in [-0.4, -0.2) is 54.0 Å². The number of amides is 4. The number of likely N-dealkylation sites (N-methyl/N-ethyl adjacent to an activating group) is 1. The molecule has 2 fully saturated rings. The highest BCUT2D eigenvalue weighted by Gasteiger charge is 2.55. The second-order valence-electron chi connectivity index (χ2n) is 10.4.